The zero-order valence-electron chi connectivity index (χ0n) is 12.4. The molecule has 0 spiro atoms. The van der Waals surface area contributed by atoms with Gasteiger partial charge in [0, 0.05) is 11.3 Å². The van der Waals surface area contributed by atoms with Crippen LogP contribution in [-0.4, -0.2) is 29.0 Å². The second-order valence-corrected chi connectivity index (χ2v) is 6.33. The Morgan fingerprint density at radius 2 is 2.14 bits per heavy atom. The van der Waals surface area contributed by atoms with E-state index in [-0.39, 0.29) is 24.1 Å². The minimum Gasteiger partial charge on any atom is -0.459 e. The molecule has 1 aromatic carbocycles. The maximum Gasteiger partial charge on any atom is 0.316 e. The van der Waals surface area contributed by atoms with Crippen LogP contribution in [0.1, 0.15) is 31.9 Å². The lowest BCUT2D eigenvalue weighted by atomic mass is 10.1. The number of hydrogen-bond donors (Lipinski definition) is 1. The molecule has 1 N–H and O–H groups in total. The summed E-state index contributed by atoms with van der Waals surface area (Å²) < 4.78 is 19.0. The van der Waals surface area contributed by atoms with Crippen LogP contribution in [-0.2, 0) is 15.3 Å². The fourth-order valence-electron chi connectivity index (χ4n) is 1.50. The predicted octanol–water partition coefficient (Wildman–Crippen LogP) is 2.74. The van der Waals surface area contributed by atoms with Crippen molar-refractivity contribution >= 4 is 17.7 Å². The molecule has 0 heterocycles. The largest absolute Gasteiger partial charge is 0.459 e. The number of carbonyl (C=O) groups is 1. The molecule has 0 saturated heterocycles. The second kappa shape index (κ2) is 8.06. The monoisotopic (exact) mass is 310 g/mol. The second-order valence-electron chi connectivity index (χ2n) is 5.35. The molecule has 0 aliphatic carbocycles. The molecule has 5 heteroatoms. The summed E-state index contributed by atoms with van der Waals surface area (Å²) in [6.07, 6.45) is 0. The van der Waals surface area contributed by atoms with Crippen LogP contribution in [0.25, 0.3) is 0 Å². The Bertz CT molecular complexity index is 553. The molecule has 1 aromatic rings. The van der Waals surface area contributed by atoms with Crippen molar-refractivity contribution in [2.75, 3.05) is 12.4 Å². The van der Waals surface area contributed by atoms with Gasteiger partial charge in [0.2, 0.25) is 0 Å². The van der Waals surface area contributed by atoms with Crippen molar-refractivity contribution in [2.45, 2.75) is 32.1 Å². The number of carbonyl (C=O) groups excluding carboxylic acids is 1. The summed E-state index contributed by atoms with van der Waals surface area (Å²) in [4.78, 5) is 11.5. The SMILES string of the molecule is CC(C)(C)OC(=O)CSCc1ccc(C#CCO)cc1F. The van der Waals surface area contributed by atoms with E-state index < -0.39 is 5.60 Å². The third-order valence-corrected chi connectivity index (χ3v) is 3.22. The van der Waals surface area contributed by atoms with Gasteiger partial charge in [-0.15, -0.1) is 11.8 Å². The van der Waals surface area contributed by atoms with Crippen LogP contribution in [0.4, 0.5) is 4.39 Å². The van der Waals surface area contributed by atoms with Crippen LogP contribution in [0.3, 0.4) is 0 Å². The number of aliphatic hydroxyl groups excluding tert-OH is 1. The average Bonchev–Trinajstić information content (AvgIpc) is 2.36. The highest BCUT2D eigenvalue weighted by Crippen LogP contribution is 2.18. The molecule has 0 aliphatic heterocycles. The molecule has 0 atom stereocenters. The molecule has 0 amide bonds. The van der Waals surface area contributed by atoms with Gasteiger partial charge in [0.25, 0.3) is 0 Å². The van der Waals surface area contributed by atoms with E-state index >= 15 is 0 Å². The Kier molecular flexibility index (Phi) is 6.73. The Morgan fingerprint density at radius 1 is 1.43 bits per heavy atom. The number of esters is 1. The van der Waals surface area contributed by atoms with Gasteiger partial charge in [0.15, 0.2) is 0 Å². The van der Waals surface area contributed by atoms with Crippen molar-refractivity contribution in [3.8, 4) is 11.8 Å². The van der Waals surface area contributed by atoms with Crippen LogP contribution >= 0.6 is 11.8 Å². The molecule has 0 fully saturated rings. The van der Waals surface area contributed by atoms with E-state index in [1.807, 2.05) is 0 Å². The highest BCUT2D eigenvalue weighted by Gasteiger charge is 2.16. The number of rotatable bonds is 4. The van der Waals surface area contributed by atoms with Crippen LogP contribution < -0.4 is 0 Å². The number of hydrogen-bond acceptors (Lipinski definition) is 4. The molecular weight excluding hydrogens is 291 g/mol. The fourth-order valence-corrected chi connectivity index (χ4v) is 2.28. The molecule has 0 aliphatic rings. The summed E-state index contributed by atoms with van der Waals surface area (Å²) in [5.41, 5.74) is 0.524. The highest BCUT2D eigenvalue weighted by atomic mass is 32.2. The lowest BCUT2D eigenvalue weighted by Crippen LogP contribution is -2.24. The summed E-state index contributed by atoms with van der Waals surface area (Å²) >= 11 is 1.30. The Morgan fingerprint density at radius 3 is 2.71 bits per heavy atom. The van der Waals surface area contributed by atoms with Gasteiger partial charge in [0.05, 0.1) is 5.75 Å². The summed E-state index contributed by atoms with van der Waals surface area (Å²) in [7, 11) is 0. The van der Waals surface area contributed by atoms with Gasteiger partial charge >= 0.3 is 5.97 Å². The molecule has 0 radical (unpaired) electrons. The summed E-state index contributed by atoms with van der Waals surface area (Å²) in [5, 5.41) is 8.59. The first-order valence-electron chi connectivity index (χ1n) is 6.49. The molecule has 0 bridgehead atoms. The minimum absolute atomic E-state index is 0.183. The third-order valence-electron chi connectivity index (χ3n) is 2.26. The van der Waals surface area contributed by atoms with Gasteiger partial charge in [0.1, 0.15) is 18.0 Å². The number of halogens is 1. The molecule has 0 saturated carbocycles. The van der Waals surface area contributed by atoms with E-state index in [0.717, 1.165) is 0 Å². The summed E-state index contributed by atoms with van der Waals surface area (Å²) in [5.74, 6) is 5.00. The van der Waals surface area contributed by atoms with Crippen LogP contribution in [0.15, 0.2) is 18.2 Å². The van der Waals surface area contributed by atoms with Crippen molar-refractivity contribution in [3.63, 3.8) is 0 Å². The first-order valence-corrected chi connectivity index (χ1v) is 7.65. The topological polar surface area (TPSA) is 46.5 Å². The van der Waals surface area contributed by atoms with Gasteiger partial charge in [-0.3, -0.25) is 4.79 Å². The standard InChI is InChI=1S/C16H19FO3S/c1-16(2,3)20-15(19)11-21-10-13-7-6-12(5-4-8-18)9-14(13)17/h6-7,9,18H,8,10-11H2,1-3H3. The smallest absolute Gasteiger partial charge is 0.316 e. The lowest BCUT2D eigenvalue weighted by Gasteiger charge is -2.19. The number of benzene rings is 1. The van der Waals surface area contributed by atoms with Gasteiger partial charge in [-0.25, -0.2) is 4.39 Å². The van der Waals surface area contributed by atoms with E-state index in [2.05, 4.69) is 11.8 Å². The molecular formula is C16H19FO3S. The van der Waals surface area contributed by atoms with Crippen molar-refractivity contribution < 1.29 is 19.0 Å². The Labute approximate surface area is 128 Å². The molecule has 1 rings (SSSR count). The van der Waals surface area contributed by atoms with E-state index in [4.69, 9.17) is 9.84 Å². The van der Waals surface area contributed by atoms with E-state index in [1.54, 1.807) is 32.9 Å². The van der Waals surface area contributed by atoms with Crippen molar-refractivity contribution in [1.29, 1.82) is 0 Å². The van der Waals surface area contributed by atoms with Crippen LogP contribution in [0, 0.1) is 17.7 Å². The molecule has 114 valence electrons. The molecule has 0 aromatic heterocycles. The molecule has 21 heavy (non-hydrogen) atoms. The number of ether oxygens (including phenoxy) is 1. The van der Waals surface area contributed by atoms with Crippen LogP contribution in [0.5, 0.6) is 0 Å². The summed E-state index contributed by atoms with van der Waals surface area (Å²) in [6, 6.07) is 4.65. The Balaban J connectivity index is 2.51. The predicted molar refractivity (Wildman–Crippen MR) is 82.4 cm³/mol. The zero-order valence-corrected chi connectivity index (χ0v) is 13.2. The average molecular weight is 310 g/mol. The zero-order chi connectivity index (χ0) is 15.9. The van der Waals surface area contributed by atoms with E-state index in [0.29, 0.717) is 16.9 Å². The quantitative estimate of drug-likeness (QED) is 0.686. The number of aliphatic hydroxyl groups is 1. The Hall–Kier alpha value is -1.51. The van der Waals surface area contributed by atoms with Gasteiger partial charge < -0.3 is 9.84 Å². The van der Waals surface area contributed by atoms with Crippen molar-refractivity contribution in [1.82, 2.24) is 0 Å². The van der Waals surface area contributed by atoms with Crippen LogP contribution in [0.2, 0.25) is 0 Å². The van der Waals surface area contributed by atoms with E-state index in [1.165, 1.54) is 17.8 Å². The highest BCUT2D eigenvalue weighted by molar-refractivity contribution is 7.99. The minimum atomic E-state index is -0.504. The van der Waals surface area contributed by atoms with Crippen molar-refractivity contribution in [2.24, 2.45) is 0 Å². The normalized spacial score (nSPS) is 10.7. The van der Waals surface area contributed by atoms with Gasteiger partial charge in [-0.1, -0.05) is 17.9 Å². The van der Waals surface area contributed by atoms with Gasteiger partial charge in [-0.05, 0) is 38.5 Å². The first-order chi connectivity index (χ1) is 9.81. The molecule has 0 unspecified atom stereocenters. The fraction of sp³-hybridized carbons (Fsp3) is 0.438. The van der Waals surface area contributed by atoms with Gasteiger partial charge in [-0.2, -0.15) is 0 Å². The maximum absolute atomic E-state index is 13.8. The maximum atomic E-state index is 13.8. The summed E-state index contributed by atoms with van der Waals surface area (Å²) in [6.45, 7) is 5.17. The molecule has 3 nitrogen and oxygen atoms in total. The number of thioether (sulfide) groups is 1. The lowest BCUT2D eigenvalue weighted by molar-refractivity contribution is -0.151. The first kappa shape index (κ1) is 17.5. The third kappa shape index (κ3) is 7.16. The van der Waals surface area contributed by atoms with Crippen molar-refractivity contribution in [3.05, 3.63) is 35.1 Å². The van der Waals surface area contributed by atoms with E-state index in [9.17, 15) is 9.18 Å².